The van der Waals surface area contributed by atoms with Crippen molar-refractivity contribution in [1.82, 2.24) is 0 Å². The normalized spacial score (nSPS) is 19.3. The summed E-state index contributed by atoms with van der Waals surface area (Å²) in [6, 6.07) is 0. The molecule has 0 unspecified atom stereocenters. The SMILES string of the molecule is COC(=O)[CH]C1CCCC1. The molecule has 2 heteroatoms. The molecule has 1 aliphatic rings. The third-order valence-electron chi connectivity index (χ3n) is 1.97. The first-order valence-electron chi connectivity index (χ1n) is 3.76. The van der Waals surface area contributed by atoms with Gasteiger partial charge in [0.2, 0.25) is 0 Å². The predicted molar refractivity (Wildman–Crippen MR) is 38.3 cm³/mol. The monoisotopic (exact) mass is 141 g/mol. The molecular formula is C8H13O2. The van der Waals surface area contributed by atoms with Gasteiger partial charge >= 0.3 is 5.97 Å². The molecule has 0 atom stereocenters. The first-order chi connectivity index (χ1) is 4.83. The molecule has 0 spiro atoms. The van der Waals surface area contributed by atoms with Crippen LogP contribution >= 0.6 is 0 Å². The molecule has 1 aliphatic carbocycles. The summed E-state index contributed by atoms with van der Waals surface area (Å²) in [7, 11) is 1.42. The zero-order valence-electron chi connectivity index (χ0n) is 6.30. The Morgan fingerprint density at radius 2 is 2.10 bits per heavy atom. The van der Waals surface area contributed by atoms with E-state index in [1.54, 1.807) is 6.42 Å². The van der Waals surface area contributed by atoms with E-state index in [9.17, 15) is 4.79 Å². The lowest BCUT2D eigenvalue weighted by atomic mass is 10.1. The van der Waals surface area contributed by atoms with E-state index in [1.165, 1.54) is 20.0 Å². The van der Waals surface area contributed by atoms with Gasteiger partial charge < -0.3 is 4.74 Å². The van der Waals surface area contributed by atoms with Crippen LogP contribution in [0.2, 0.25) is 0 Å². The van der Waals surface area contributed by atoms with Crippen LogP contribution in [0.3, 0.4) is 0 Å². The minimum Gasteiger partial charge on any atom is -0.469 e. The van der Waals surface area contributed by atoms with Gasteiger partial charge in [0, 0.05) is 0 Å². The third kappa shape index (κ3) is 2.01. The van der Waals surface area contributed by atoms with Gasteiger partial charge in [0.05, 0.1) is 13.5 Å². The van der Waals surface area contributed by atoms with Crippen molar-refractivity contribution in [3.63, 3.8) is 0 Å². The van der Waals surface area contributed by atoms with Gasteiger partial charge in [-0.1, -0.05) is 12.8 Å². The molecule has 0 aromatic carbocycles. The molecule has 1 radical (unpaired) electrons. The van der Waals surface area contributed by atoms with Gasteiger partial charge in [-0.2, -0.15) is 0 Å². The van der Waals surface area contributed by atoms with Crippen molar-refractivity contribution in [3.8, 4) is 0 Å². The van der Waals surface area contributed by atoms with Gasteiger partial charge in [0.1, 0.15) is 0 Å². The fourth-order valence-electron chi connectivity index (χ4n) is 1.38. The largest absolute Gasteiger partial charge is 0.469 e. The smallest absolute Gasteiger partial charge is 0.309 e. The maximum Gasteiger partial charge on any atom is 0.309 e. The molecule has 1 fully saturated rings. The topological polar surface area (TPSA) is 26.3 Å². The van der Waals surface area contributed by atoms with Gasteiger partial charge in [0.25, 0.3) is 0 Å². The molecule has 1 rings (SSSR count). The van der Waals surface area contributed by atoms with E-state index in [1.807, 2.05) is 0 Å². The lowest BCUT2D eigenvalue weighted by Crippen LogP contribution is -2.07. The summed E-state index contributed by atoms with van der Waals surface area (Å²) >= 11 is 0. The second-order valence-corrected chi connectivity index (χ2v) is 2.73. The zero-order chi connectivity index (χ0) is 7.40. The highest BCUT2D eigenvalue weighted by atomic mass is 16.5. The number of carbonyl (C=O) groups is 1. The summed E-state index contributed by atoms with van der Waals surface area (Å²) in [6.45, 7) is 0. The standard InChI is InChI=1S/C8H13O2/c1-10-8(9)6-7-4-2-3-5-7/h6-7H,2-5H2,1H3. The number of ether oxygens (including phenoxy) is 1. The molecule has 0 aromatic rings. The Bertz CT molecular complexity index is 114. The quantitative estimate of drug-likeness (QED) is 0.545. The molecule has 57 valence electrons. The van der Waals surface area contributed by atoms with Gasteiger partial charge in [-0.3, -0.25) is 4.79 Å². The summed E-state index contributed by atoms with van der Waals surface area (Å²) in [5, 5.41) is 0. The van der Waals surface area contributed by atoms with Crippen molar-refractivity contribution in [1.29, 1.82) is 0 Å². The fraction of sp³-hybridized carbons (Fsp3) is 0.750. The number of hydrogen-bond donors (Lipinski definition) is 0. The molecule has 0 N–H and O–H groups in total. The van der Waals surface area contributed by atoms with E-state index < -0.39 is 0 Å². The van der Waals surface area contributed by atoms with Crippen molar-refractivity contribution in [3.05, 3.63) is 6.42 Å². The Morgan fingerprint density at radius 1 is 1.50 bits per heavy atom. The second kappa shape index (κ2) is 3.59. The van der Waals surface area contributed by atoms with Crippen LogP contribution in [0.1, 0.15) is 25.7 Å². The summed E-state index contributed by atoms with van der Waals surface area (Å²) < 4.78 is 4.52. The van der Waals surface area contributed by atoms with Crippen LogP contribution in [-0.4, -0.2) is 13.1 Å². The number of esters is 1. The summed E-state index contributed by atoms with van der Waals surface area (Å²) in [5.74, 6) is 0.319. The maximum absolute atomic E-state index is 10.7. The zero-order valence-corrected chi connectivity index (χ0v) is 6.30. The molecule has 0 heterocycles. The van der Waals surface area contributed by atoms with Crippen LogP contribution in [0.4, 0.5) is 0 Å². The molecule has 2 nitrogen and oxygen atoms in total. The van der Waals surface area contributed by atoms with Gasteiger partial charge in [-0.05, 0) is 18.8 Å². The molecule has 0 amide bonds. The third-order valence-corrected chi connectivity index (χ3v) is 1.97. The Labute approximate surface area is 61.6 Å². The Hall–Kier alpha value is -0.530. The van der Waals surface area contributed by atoms with Crippen LogP contribution in [0.25, 0.3) is 0 Å². The first kappa shape index (κ1) is 7.58. The number of rotatable bonds is 2. The van der Waals surface area contributed by atoms with E-state index in [-0.39, 0.29) is 5.97 Å². The average Bonchev–Trinajstić information content (AvgIpc) is 2.40. The minimum absolute atomic E-state index is 0.174. The highest BCUT2D eigenvalue weighted by Gasteiger charge is 2.18. The molecule has 0 aromatic heterocycles. The fourth-order valence-corrected chi connectivity index (χ4v) is 1.38. The van der Waals surface area contributed by atoms with Gasteiger partial charge in [-0.25, -0.2) is 0 Å². The Kier molecular flexibility index (Phi) is 2.72. The lowest BCUT2D eigenvalue weighted by molar-refractivity contribution is -0.137. The number of methoxy groups -OCH3 is 1. The predicted octanol–water partition coefficient (Wildman–Crippen LogP) is 1.55. The van der Waals surface area contributed by atoms with Gasteiger partial charge in [-0.15, -0.1) is 0 Å². The van der Waals surface area contributed by atoms with Crippen LogP contribution in [0.15, 0.2) is 0 Å². The number of carbonyl (C=O) groups excluding carboxylic acids is 1. The van der Waals surface area contributed by atoms with Crippen LogP contribution in [-0.2, 0) is 9.53 Å². The van der Waals surface area contributed by atoms with Crippen LogP contribution < -0.4 is 0 Å². The highest BCUT2D eigenvalue weighted by molar-refractivity contribution is 5.79. The van der Waals surface area contributed by atoms with E-state index in [4.69, 9.17) is 0 Å². The molecular weight excluding hydrogens is 128 g/mol. The molecule has 1 saturated carbocycles. The summed E-state index contributed by atoms with van der Waals surface area (Å²) in [4.78, 5) is 10.7. The van der Waals surface area contributed by atoms with E-state index >= 15 is 0 Å². The first-order valence-corrected chi connectivity index (χ1v) is 3.76. The van der Waals surface area contributed by atoms with Crippen molar-refractivity contribution in [2.24, 2.45) is 5.92 Å². The Balaban J connectivity index is 2.17. The summed E-state index contributed by atoms with van der Waals surface area (Å²) in [6.07, 6.45) is 6.55. The molecule has 0 saturated heterocycles. The van der Waals surface area contributed by atoms with Gasteiger partial charge in [0.15, 0.2) is 0 Å². The lowest BCUT2D eigenvalue weighted by Gasteiger charge is -2.04. The Morgan fingerprint density at radius 3 is 2.60 bits per heavy atom. The minimum atomic E-state index is -0.174. The molecule has 10 heavy (non-hydrogen) atoms. The molecule has 0 bridgehead atoms. The van der Waals surface area contributed by atoms with E-state index in [0.717, 1.165) is 12.8 Å². The highest BCUT2D eigenvalue weighted by Crippen LogP contribution is 2.26. The van der Waals surface area contributed by atoms with Crippen LogP contribution in [0.5, 0.6) is 0 Å². The average molecular weight is 141 g/mol. The van der Waals surface area contributed by atoms with Crippen molar-refractivity contribution < 1.29 is 9.53 Å². The van der Waals surface area contributed by atoms with Crippen LogP contribution in [0, 0.1) is 12.3 Å². The van der Waals surface area contributed by atoms with Crippen molar-refractivity contribution in [2.75, 3.05) is 7.11 Å². The van der Waals surface area contributed by atoms with Crippen molar-refractivity contribution >= 4 is 5.97 Å². The number of hydrogen-bond acceptors (Lipinski definition) is 2. The van der Waals surface area contributed by atoms with E-state index in [2.05, 4.69) is 4.74 Å². The maximum atomic E-state index is 10.7. The second-order valence-electron chi connectivity index (χ2n) is 2.73. The summed E-state index contributed by atoms with van der Waals surface area (Å²) in [5.41, 5.74) is 0. The van der Waals surface area contributed by atoms with Crippen molar-refractivity contribution in [2.45, 2.75) is 25.7 Å². The van der Waals surface area contributed by atoms with E-state index in [0.29, 0.717) is 5.92 Å². The molecule has 0 aliphatic heterocycles.